The van der Waals surface area contributed by atoms with Gasteiger partial charge in [-0.15, -0.1) is 0 Å². The molecule has 0 saturated carbocycles. The number of hydrogen-bond donors (Lipinski definition) is 7. The van der Waals surface area contributed by atoms with Gasteiger partial charge in [-0.3, -0.25) is 38.8 Å². The van der Waals surface area contributed by atoms with Gasteiger partial charge in [0.1, 0.15) is 13.1 Å². The molecular formula is C20H25N13O6. The van der Waals surface area contributed by atoms with Crippen LogP contribution in [0.3, 0.4) is 0 Å². The summed E-state index contributed by atoms with van der Waals surface area (Å²) in [6, 6.07) is 0. The van der Waals surface area contributed by atoms with E-state index in [2.05, 4.69) is 40.5 Å². The summed E-state index contributed by atoms with van der Waals surface area (Å²) >= 11 is 0. The molecule has 2 amide bonds. The Morgan fingerprint density at radius 1 is 0.846 bits per heavy atom. The van der Waals surface area contributed by atoms with Gasteiger partial charge < -0.3 is 36.3 Å². The number of amides is 2. The van der Waals surface area contributed by atoms with Crippen molar-refractivity contribution in [2.45, 2.75) is 13.1 Å². The van der Waals surface area contributed by atoms with Gasteiger partial charge in [0.05, 0.1) is 19.2 Å². The number of carbonyl (C=O) groups excluding carboxylic acids is 2. The number of aromatic nitrogens is 8. The molecule has 19 nitrogen and oxygen atoms in total. The second kappa shape index (κ2) is 11.4. The molecule has 0 aliphatic rings. The predicted octanol–water partition coefficient (Wildman–Crippen LogP) is -3.96. The quantitative estimate of drug-likeness (QED) is 0.0899. The Morgan fingerprint density at radius 3 is 1.69 bits per heavy atom. The molecule has 4 rings (SSSR count). The van der Waals surface area contributed by atoms with E-state index in [-0.39, 0.29) is 80.0 Å². The number of imidazole rings is 2. The Kier molecular flexibility index (Phi) is 7.80. The number of nitrogens with zero attached hydrogens (tertiary/aromatic N) is 7. The fraction of sp³-hybridized carbons (Fsp3) is 0.350. The van der Waals surface area contributed by atoms with E-state index in [0.29, 0.717) is 0 Å². The van der Waals surface area contributed by atoms with Gasteiger partial charge in [-0.05, 0) is 0 Å². The zero-order chi connectivity index (χ0) is 28.1. The Bertz CT molecular complexity index is 1540. The summed E-state index contributed by atoms with van der Waals surface area (Å²) in [5.41, 5.74) is 10.5. The monoisotopic (exact) mass is 543 g/mol. The first-order valence-electron chi connectivity index (χ1n) is 11.5. The van der Waals surface area contributed by atoms with E-state index in [0.717, 1.165) is 0 Å². The number of aromatic amines is 2. The van der Waals surface area contributed by atoms with Gasteiger partial charge in [0.2, 0.25) is 23.7 Å². The van der Waals surface area contributed by atoms with Crippen LogP contribution in [0.25, 0.3) is 22.3 Å². The van der Waals surface area contributed by atoms with Crippen molar-refractivity contribution in [1.29, 1.82) is 0 Å². The van der Waals surface area contributed by atoms with E-state index < -0.39 is 28.9 Å². The highest BCUT2D eigenvalue weighted by molar-refractivity contribution is 5.79. The molecule has 9 N–H and O–H groups in total. The lowest BCUT2D eigenvalue weighted by molar-refractivity contribution is -0.138. The molecule has 0 aliphatic heterocycles. The van der Waals surface area contributed by atoms with Crippen LogP contribution in [-0.4, -0.2) is 99.6 Å². The highest BCUT2D eigenvalue weighted by Crippen LogP contribution is 2.07. The lowest BCUT2D eigenvalue weighted by Crippen LogP contribution is -2.42. The van der Waals surface area contributed by atoms with E-state index in [1.54, 1.807) is 0 Å². The molecule has 39 heavy (non-hydrogen) atoms. The van der Waals surface area contributed by atoms with Crippen molar-refractivity contribution in [2.24, 2.45) is 0 Å². The van der Waals surface area contributed by atoms with Crippen LogP contribution in [0.15, 0.2) is 22.2 Å². The van der Waals surface area contributed by atoms with Gasteiger partial charge in [0.25, 0.3) is 11.1 Å². The third-order valence-electron chi connectivity index (χ3n) is 5.47. The highest BCUT2D eigenvalue weighted by Gasteiger charge is 2.15. The smallest absolute Gasteiger partial charge is 0.317 e. The Labute approximate surface area is 217 Å². The maximum atomic E-state index is 12.4. The van der Waals surface area contributed by atoms with Gasteiger partial charge in [-0.1, -0.05) is 0 Å². The average molecular weight is 544 g/mol. The Hall–Kier alpha value is -5.33. The van der Waals surface area contributed by atoms with Gasteiger partial charge in [-0.2, -0.15) is 9.97 Å². The average Bonchev–Trinajstić information content (AvgIpc) is 3.43. The zero-order valence-electron chi connectivity index (χ0n) is 20.4. The van der Waals surface area contributed by atoms with Crippen LogP contribution in [-0.2, 0) is 27.5 Å². The molecule has 0 bridgehead atoms. The number of anilines is 2. The number of carboxylic acid groups (broad SMARTS) is 1. The van der Waals surface area contributed by atoms with Crippen LogP contribution >= 0.6 is 0 Å². The van der Waals surface area contributed by atoms with Crippen LogP contribution in [0.2, 0.25) is 0 Å². The van der Waals surface area contributed by atoms with E-state index >= 15 is 0 Å². The normalized spacial score (nSPS) is 11.3. The van der Waals surface area contributed by atoms with Crippen LogP contribution < -0.4 is 33.2 Å². The maximum absolute atomic E-state index is 12.4. The Balaban J connectivity index is 1.25. The molecule has 19 heteroatoms. The third-order valence-corrected chi connectivity index (χ3v) is 5.47. The summed E-state index contributed by atoms with van der Waals surface area (Å²) in [6.45, 7) is -0.0877. The topological polar surface area (TPSA) is 278 Å². The van der Waals surface area contributed by atoms with Crippen molar-refractivity contribution < 1.29 is 19.5 Å². The van der Waals surface area contributed by atoms with Gasteiger partial charge in [0.15, 0.2) is 22.3 Å². The van der Waals surface area contributed by atoms with Crippen molar-refractivity contribution in [3.8, 4) is 0 Å². The number of hydrogen-bond acceptors (Lipinski definition) is 12. The minimum Gasteiger partial charge on any atom is -0.480 e. The number of aliphatic carboxylic acids is 1. The van der Waals surface area contributed by atoms with Crippen molar-refractivity contribution in [3.05, 3.63) is 33.4 Å². The summed E-state index contributed by atoms with van der Waals surface area (Å²) in [4.78, 5) is 81.8. The van der Waals surface area contributed by atoms with E-state index in [1.165, 1.54) is 26.7 Å². The van der Waals surface area contributed by atoms with Crippen LogP contribution in [0, 0.1) is 0 Å². The third kappa shape index (κ3) is 6.52. The van der Waals surface area contributed by atoms with Crippen molar-refractivity contribution >= 4 is 52.0 Å². The molecular weight excluding hydrogens is 518 g/mol. The summed E-state index contributed by atoms with van der Waals surface area (Å²) in [6.07, 6.45) is 2.59. The Morgan fingerprint density at radius 2 is 1.28 bits per heavy atom. The summed E-state index contributed by atoms with van der Waals surface area (Å²) < 4.78 is 2.73. The molecule has 0 unspecified atom stereocenters. The fourth-order valence-corrected chi connectivity index (χ4v) is 3.76. The summed E-state index contributed by atoms with van der Waals surface area (Å²) in [5, 5.41) is 14.5. The van der Waals surface area contributed by atoms with Gasteiger partial charge in [-0.25, -0.2) is 9.97 Å². The lowest BCUT2D eigenvalue weighted by Gasteiger charge is -2.20. The second-order valence-electron chi connectivity index (χ2n) is 8.36. The fourth-order valence-electron chi connectivity index (χ4n) is 3.76. The van der Waals surface area contributed by atoms with Crippen LogP contribution in [0.1, 0.15) is 0 Å². The van der Waals surface area contributed by atoms with Crippen molar-refractivity contribution in [2.75, 3.05) is 44.2 Å². The van der Waals surface area contributed by atoms with E-state index in [4.69, 9.17) is 11.5 Å². The molecule has 0 radical (unpaired) electrons. The van der Waals surface area contributed by atoms with Crippen LogP contribution in [0.4, 0.5) is 11.9 Å². The number of nitrogen functional groups attached to an aromatic ring is 2. The second-order valence-corrected chi connectivity index (χ2v) is 8.36. The number of carbonyl (C=O) groups is 3. The minimum atomic E-state index is -1.08. The number of nitrogens with one attached hydrogen (secondary N) is 4. The van der Waals surface area contributed by atoms with E-state index in [9.17, 15) is 29.1 Å². The molecule has 4 heterocycles. The molecule has 0 aromatic carbocycles. The molecule has 0 aliphatic carbocycles. The number of rotatable bonds is 12. The number of fused-ring (bicyclic) bond motifs is 2. The molecule has 0 spiro atoms. The van der Waals surface area contributed by atoms with E-state index in [1.807, 2.05) is 0 Å². The summed E-state index contributed by atoms with van der Waals surface area (Å²) in [7, 11) is 0. The lowest BCUT2D eigenvalue weighted by atomic mass is 10.4. The first-order chi connectivity index (χ1) is 18.6. The van der Waals surface area contributed by atoms with Crippen LogP contribution in [0.5, 0.6) is 0 Å². The standard InChI is InChI=1S/C20H25N13O6/c21-19-27-15-13(17(38)29-19)25-8-32(15)5-10(34)23-1-3-31(7-12(36)37)4-2-24-11(35)6-33-9-26-14-16(33)28-20(22)30-18(14)39/h8-9H,1-7H2,(H,23,34)(H,24,35)(H,36,37)(H3,21,27,29,38)(H3,22,28,30,39). The zero-order valence-corrected chi connectivity index (χ0v) is 20.4. The number of H-pyrrole nitrogens is 2. The minimum absolute atomic E-state index is 0.0435. The molecule has 0 saturated heterocycles. The maximum Gasteiger partial charge on any atom is 0.317 e. The largest absolute Gasteiger partial charge is 0.480 e. The molecule has 0 fully saturated rings. The number of carboxylic acids is 1. The predicted molar refractivity (Wildman–Crippen MR) is 135 cm³/mol. The molecule has 4 aromatic heterocycles. The number of nitrogens with two attached hydrogens (primary N) is 2. The summed E-state index contributed by atoms with van der Waals surface area (Å²) in [5.74, 6) is -2.13. The van der Waals surface area contributed by atoms with Crippen molar-refractivity contribution in [3.63, 3.8) is 0 Å². The first kappa shape index (κ1) is 26.7. The SMILES string of the molecule is Nc1nc2c(ncn2CC(=O)NCCN(CCNC(=O)Cn2cnc3c(=O)[nH]c(N)nc32)CC(=O)O)c(=O)[nH]1. The van der Waals surface area contributed by atoms with Crippen molar-refractivity contribution in [1.82, 2.24) is 54.6 Å². The van der Waals surface area contributed by atoms with Gasteiger partial charge >= 0.3 is 5.97 Å². The van der Waals surface area contributed by atoms with Gasteiger partial charge in [0, 0.05) is 26.2 Å². The first-order valence-corrected chi connectivity index (χ1v) is 11.5. The highest BCUT2D eigenvalue weighted by atomic mass is 16.4. The molecule has 0 atom stereocenters. The molecule has 206 valence electrons. The molecule has 4 aromatic rings.